The number of rotatable bonds is 5. The maximum absolute atomic E-state index is 11.9. The summed E-state index contributed by atoms with van der Waals surface area (Å²) in [6, 6.07) is 3.87. The third kappa shape index (κ3) is 3.57. The molecule has 1 heterocycles. The summed E-state index contributed by atoms with van der Waals surface area (Å²) in [6.45, 7) is 0.463. The van der Waals surface area contributed by atoms with Crippen molar-refractivity contribution in [1.82, 2.24) is 5.32 Å². The van der Waals surface area contributed by atoms with Gasteiger partial charge in [0.1, 0.15) is 0 Å². The van der Waals surface area contributed by atoms with E-state index in [2.05, 4.69) is 21.2 Å². The highest BCUT2D eigenvalue weighted by Gasteiger charge is 2.42. The van der Waals surface area contributed by atoms with Crippen LogP contribution in [0, 0.1) is 5.41 Å². The lowest BCUT2D eigenvalue weighted by Gasteiger charge is -2.22. The summed E-state index contributed by atoms with van der Waals surface area (Å²) in [5.41, 5.74) is -0.833. The molecule has 6 heteroatoms. The Kier molecular flexibility index (Phi) is 4.62. The summed E-state index contributed by atoms with van der Waals surface area (Å²) in [5, 5.41) is 12.1. The van der Waals surface area contributed by atoms with Gasteiger partial charge in [0.25, 0.3) is 0 Å². The number of hydrogen-bond donors (Lipinski definition) is 2. The molecule has 0 atom stereocenters. The first-order chi connectivity index (χ1) is 9.02. The van der Waals surface area contributed by atoms with Crippen LogP contribution in [-0.2, 0) is 16.1 Å². The maximum Gasteiger partial charge on any atom is 0.310 e. The second-order valence-electron chi connectivity index (χ2n) is 4.95. The average molecular weight is 346 g/mol. The van der Waals surface area contributed by atoms with Gasteiger partial charge >= 0.3 is 5.97 Å². The van der Waals surface area contributed by atoms with E-state index in [1.807, 2.05) is 12.1 Å². The van der Waals surface area contributed by atoms with Gasteiger partial charge in [0, 0.05) is 11.3 Å². The zero-order valence-corrected chi connectivity index (χ0v) is 12.8. The van der Waals surface area contributed by atoms with Crippen LogP contribution in [0.3, 0.4) is 0 Å². The summed E-state index contributed by atoms with van der Waals surface area (Å²) in [7, 11) is 0. The highest BCUT2D eigenvalue weighted by Crippen LogP contribution is 2.41. The summed E-state index contributed by atoms with van der Waals surface area (Å²) >= 11 is 4.93. The number of nitrogens with one attached hydrogen (secondary N) is 1. The third-order valence-electron chi connectivity index (χ3n) is 3.60. The second kappa shape index (κ2) is 6.05. The number of amides is 1. The van der Waals surface area contributed by atoms with E-state index in [9.17, 15) is 14.7 Å². The normalized spacial score (nSPS) is 17.3. The summed E-state index contributed by atoms with van der Waals surface area (Å²) in [5.74, 6) is -1.01. The van der Waals surface area contributed by atoms with Crippen molar-refractivity contribution in [3.8, 4) is 0 Å². The van der Waals surface area contributed by atoms with Crippen LogP contribution in [0.5, 0.6) is 0 Å². The molecule has 0 bridgehead atoms. The molecule has 0 saturated heterocycles. The van der Waals surface area contributed by atoms with Gasteiger partial charge in [-0.2, -0.15) is 0 Å². The fourth-order valence-electron chi connectivity index (χ4n) is 2.52. The highest BCUT2D eigenvalue weighted by molar-refractivity contribution is 9.11. The molecule has 1 saturated carbocycles. The fraction of sp³-hybridized carbons (Fsp3) is 0.538. The molecule has 0 spiro atoms. The Bertz CT molecular complexity index is 480. The summed E-state index contributed by atoms with van der Waals surface area (Å²) in [6.07, 6.45) is 3.12. The number of carboxylic acid groups (broad SMARTS) is 1. The van der Waals surface area contributed by atoms with Gasteiger partial charge in [-0.1, -0.05) is 12.8 Å². The van der Waals surface area contributed by atoms with E-state index in [1.165, 1.54) is 0 Å². The van der Waals surface area contributed by atoms with Crippen LogP contribution in [0.15, 0.2) is 15.9 Å². The van der Waals surface area contributed by atoms with Crippen LogP contribution in [0.2, 0.25) is 0 Å². The lowest BCUT2D eigenvalue weighted by Crippen LogP contribution is -2.35. The average Bonchev–Trinajstić information content (AvgIpc) is 2.97. The number of carbonyl (C=O) groups is 2. The molecule has 2 N–H and O–H groups in total. The van der Waals surface area contributed by atoms with E-state index in [4.69, 9.17) is 0 Å². The smallest absolute Gasteiger partial charge is 0.310 e. The third-order valence-corrected chi connectivity index (χ3v) is 5.23. The first kappa shape index (κ1) is 14.5. The molecule has 0 radical (unpaired) electrons. The van der Waals surface area contributed by atoms with Crippen molar-refractivity contribution in [2.45, 2.75) is 38.6 Å². The van der Waals surface area contributed by atoms with Crippen molar-refractivity contribution in [1.29, 1.82) is 0 Å². The monoisotopic (exact) mass is 345 g/mol. The Balaban J connectivity index is 1.88. The van der Waals surface area contributed by atoms with Crippen LogP contribution in [0.4, 0.5) is 0 Å². The minimum absolute atomic E-state index is 0.0921. The molecule has 0 aliphatic heterocycles. The van der Waals surface area contributed by atoms with Crippen LogP contribution in [0.1, 0.15) is 37.0 Å². The van der Waals surface area contributed by atoms with E-state index in [0.717, 1.165) is 21.5 Å². The SMILES string of the molecule is O=C(CC1(C(=O)O)CCCC1)NCc1ccc(Br)s1. The van der Waals surface area contributed by atoms with Crippen LogP contribution < -0.4 is 5.32 Å². The minimum Gasteiger partial charge on any atom is -0.481 e. The zero-order valence-electron chi connectivity index (χ0n) is 10.4. The predicted molar refractivity (Wildman–Crippen MR) is 77.0 cm³/mol. The lowest BCUT2D eigenvalue weighted by molar-refractivity contribution is -0.151. The topological polar surface area (TPSA) is 66.4 Å². The van der Waals surface area contributed by atoms with Gasteiger partial charge in [0.2, 0.25) is 5.91 Å². The Morgan fingerprint density at radius 1 is 1.37 bits per heavy atom. The number of carboxylic acids is 1. The molecular weight excluding hydrogens is 330 g/mol. The van der Waals surface area contributed by atoms with Gasteiger partial charge in [-0.25, -0.2) is 0 Å². The van der Waals surface area contributed by atoms with Crippen molar-refractivity contribution in [3.05, 3.63) is 20.8 Å². The van der Waals surface area contributed by atoms with Crippen molar-refractivity contribution in [2.24, 2.45) is 5.41 Å². The van der Waals surface area contributed by atoms with Crippen molar-refractivity contribution in [2.75, 3.05) is 0 Å². The largest absolute Gasteiger partial charge is 0.481 e. The van der Waals surface area contributed by atoms with Crippen LogP contribution in [0.25, 0.3) is 0 Å². The van der Waals surface area contributed by atoms with Gasteiger partial charge in [-0.15, -0.1) is 11.3 Å². The quantitative estimate of drug-likeness (QED) is 0.861. The summed E-state index contributed by atoms with van der Waals surface area (Å²) < 4.78 is 1.02. The number of aliphatic carboxylic acids is 1. The van der Waals surface area contributed by atoms with E-state index in [0.29, 0.717) is 19.4 Å². The number of thiophene rings is 1. The Hall–Kier alpha value is -0.880. The Labute approximate surface area is 124 Å². The standard InChI is InChI=1S/C13H16BrNO3S/c14-10-4-3-9(19-10)8-15-11(16)7-13(12(17)18)5-1-2-6-13/h3-4H,1-2,5-8H2,(H,15,16)(H,17,18). The van der Waals surface area contributed by atoms with Gasteiger partial charge < -0.3 is 10.4 Å². The molecule has 1 amide bonds. The Morgan fingerprint density at radius 2 is 2.05 bits per heavy atom. The van der Waals surface area contributed by atoms with Crippen LogP contribution in [-0.4, -0.2) is 17.0 Å². The van der Waals surface area contributed by atoms with E-state index in [-0.39, 0.29) is 12.3 Å². The molecular formula is C13H16BrNO3S. The molecule has 0 aromatic carbocycles. The minimum atomic E-state index is -0.834. The molecule has 1 aliphatic rings. The van der Waals surface area contributed by atoms with Crippen molar-refractivity contribution in [3.63, 3.8) is 0 Å². The molecule has 1 aliphatic carbocycles. The van der Waals surface area contributed by atoms with E-state index < -0.39 is 11.4 Å². The second-order valence-corrected chi connectivity index (χ2v) is 7.50. The van der Waals surface area contributed by atoms with Gasteiger partial charge in [-0.3, -0.25) is 9.59 Å². The first-order valence-corrected chi connectivity index (χ1v) is 7.87. The first-order valence-electron chi connectivity index (χ1n) is 6.26. The van der Waals surface area contributed by atoms with Crippen molar-refractivity contribution < 1.29 is 14.7 Å². The molecule has 104 valence electrons. The summed E-state index contributed by atoms with van der Waals surface area (Å²) in [4.78, 5) is 24.3. The molecule has 2 rings (SSSR count). The van der Waals surface area contributed by atoms with Gasteiger partial charge in [0.15, 0.2) is 0 Å². The Morgan fingerprint density at radius 3 is 2.58 bits per heavy atom. The predicted octanol–water partition coefficient (Wildman–Crippen LogP) is 3.16. The maximum atomic E-state index is 11.9. The number of carbonyl (C=O) groups excluding carboxylic acids is 1. The van der Waals surface area contributed by atoms with E-state index in [1.54, 1.807) is 11.3 Å². The fourth-order valence-corrected chi connectivity index (χ4v) is 3.94. The molecule has 1 fully saturated rings. The zero-order chi connectivity index (χ0) is 13.9. The lowest BCUT2D eigenvalue weighted by atomic mass is 9.82. The molecule has 4 nitrogen and oxygen atoms in total. The molecule has 1 aromatic heterocycles. The number of halogens is 1. The molecule has 0 unspecified atom stereocenters. The van der Waals surface area contributed by atoms with Crippen LogP contribution >= 0.6 is 27.3 Å². The van der Waals surface area contributed by atoms with Gasteiger partial charge in [0.05, 0.1) is 15.7 Å². The number of hydrogen-bond acceptors (Lipinski definition) is 3. The van der Waals surface area contributed by atoms with Crippen molar-refractivity contribution >= 4 is 39.1 Å². The van der Waals surface area contributed by atoms with E-state index >= 15 is 0 Å². The molecule has 19 heavy (non-hydrogen) atoms. The molecule has 1 aromatic rings. The highest BCUT2D eigenvalue weighted by atomic mass is 79.9. The van der Waals surface area contributed by atoms with Gasteiger partial charge in [-0.05, 0) is 40.9 Å².